The van der Waals surface area contributed by atoms with Gasteiger partial charge in [0, 0.05) is 18.1 Å². The molecule has 8 nitrogen and oxygen atoms in total. The van der Waals surface area contributed by atoms with E-state index in [9.17, 15) is 14.4 Å². The van der Waals surface area contributed by atoms with Crippen LogP contribution in [0.5, 0.6) is 5.75 Å². The zero-order chi connectivity index (χ0) is 20.6. The lowest BCUT2D eigenvalue weighted by molar-refractivity contribution is -0.120. The molecule has 0 aliphatic rings. The number of methoxy groups -OCH3 is 1. The van der Waals surface area contributed by atoms with Crippen LogP contribution in [0.2, 0.25) is 0 Å². The van der Waals surface area contributed by atoms with Crippen LogP contribution in [-0.4, -0.2) is 35.4 Å². The van der Waals surface area contributed by atoms with Gasteiger partial charge in [-0.3, -0.25) is 19.7 Å². The maximum Gasteiger partial charge on any atom is 0.263 e. The number of amides is 2. The number of hydrogen-bond acceptors (Lipinski definition) is 6. The fourth-order valence-electron chi connectivity index (χ4n) is 2.61. The normalized spacial score (nSPS) is 10.4. The topological polar surface area (TPSA) is 113 Å². The zero-order valence-corrected chi connectivity index (χ0v) is 16.5. The Morgan fingerprint density at radius 1 is 1.24 bits per heavy atom. The molecule has 0 fully saturated rings. The average Bonchev–Trinajstić information content (AvgIpc) is 3.15. The summed E-state index contributed by atoms with van der Waals surface area (Å²) in [4.78, 5) is 42.6. The molecule has 150 valence electrons. The molecule has 0 unspecified atom stereocenters. The predicted molar refractivity (Wildman–Crippen MR) is 111 cm³/mol. The van der Waals surface area contributed by atoms with Crippen molar-refractivity contribution in [1.82, 2.24) is 15.3 Å². The average molecular weight is 412 g/mol. The molecular weight excluding hydrogens is 392 g/mol. The first-order valence-electron chi connectivity index (χ1n) is 8.88. The second kappa shape index (κ2) is 9.65. The Morgan fingerprint density at radius 3 is 2.90 bits per heavy atom. The number of carbonyl (C=O) groups is 2. The molecule has 3 rings (SSSR count). The van der Waals surface area contributed by atoms with E-state index in [1.807, 2.05) is 24.3 Å². The van der Waals surface area contributed by atoms with Crippen molar-refractivity contribution >= 4 is 28.3 Å². The van der Waals surface area contributed by atoms with E-state index < -0.39 is 11.5 Å². The van der Waals surface area contributed by atoms with E-state index in [2.05, 4.69) is 20.6 Å². The molecule has 0 saturated heterocycles. The second-order valence-corrected chi connectivity index (χ2v) is 7.00. The molecule has 2 heterocycles. The molecule has 0 bridgehead atoms. The SMILES string of the molecule is COc1cccc(CCNC(=O)Cc2csc(NC(=O)c3ccc[nH]c3=O)n2)c1. The molecule has 29 heavy (non-hydrogen) atoms. The van der Waals surface area contributed by atoms with Crippen LogP contribution in [0, 0.1) is 0 Å². The quantitative estimate of drug-likeness (QED) is 0.524. The van der Waals surface area contributed by atoms with Gasteiger partial charge in [-0.05, 0) is 36.2 Å². The minimum atomic E-state index is -0.546. The standard InChI is InChI=1S/C20H20N4O4S/c1-28-15-5-2-4-13(10-15)7-9-21-17(25)11-14-12-29-20(23-14)24-19(27)16-6-3-8-22-18(16)26/h2-6,8,10,12H,7,9,11H2,1H3,(H,21,25)(H,22,26)(H,23,24,27). The van der Waals surface area contributed by atoms with E-state index in [0.29, 0.717) is 23.8 Å². The number of hydrogen-bond donors (Lipinski definition) is 3. The van der Waals surface area contributed by atoms with Gasteiger partial charge in [0.25, 0.3) is 11.5 Å². The number of aromatic nitrogens is 2. The first-order valence-corrected chi connectivity index (χ1v) is 9.76. The lowest BCUT2D eigenvalue weighted by Gasteiger charge is -2.06. The largest absolute Gasteiger partial charge is 0.497 e. The maximum absolute atomic E-state index is 12.1. The Hall–Kier alpha value is -3.46. The van der Waals surface area contributed by atoms with Crippen molar-refractivity contribution in [2.45, 2.75) is 12.8 Å². The van der Waals surface area contributed by atoms with Crippen molar-refractivity contribution in [2.24, 2.45) is 0 Å². The number of aromatic amines is 1. The van der Waals surface area contributed by atoms with Crippen LogP contribution in [0.25, 0.3) is 0 Å². The third kappa shape index (κ3) is 5.76. The van der Waals surface area contributed by atoms with E-state index >= 15 is 0 Å². The van der Waals surface area contributed by atoms with Crippen LogP contribution in [0.4, 0.5) is 5.13 Å². The van der Waals surface area contributed by atoms with Crippen LogP contribution in [0.1, 0.15) is 21.6 Å². The number of H-pyrrole nitrogens is 1. The third-order valence-electron chi connectivity index (χ3n) is 4.05. The van der Waals surface area contributed by atoms with E-state index in [0.717, 1.165) is 11.3 Å². The van der Waals surface area contributed by atoms with E-state index in [1.165, 1.54) is 23.6 Å². The van der Waals surface area contributed by atoms with Gasteiger partial charge in [-0.1, -0.05) is 12.1 Å². The highest BCUT2D eigenvalue weighted by atomic mass is 32.1. The summed E-state index contributed by atoms with van der Waals surface area (Å²) in [5.41, 5.74) is 1.14. The van der Waals surface area contributed by atoms with Gasteiger partial charge in [0.2, 0.25) is 5.91 Å². The summed E-state index contributed by atoms with van der Waals surface area (Å²) < 4.78 is 5.18. The molecule has 2 aromatic heterocycles. The molecular formula is C20H20N4O4S. The van der Waals surface area contributed by atoms with Gasteiger partial charge in [-0.15, -0.1) is 11.3 Å². The molecule has 2 amide bonds. The van der Waals surface area contributed by atoms with Gasteiger partial charge in [-0.25, -0.2) is 4.98 Å². The van der Waals surface area contributed by atoms with Crippen LogP contribution < -0.4 is 20.9 Å². The van der Waals surface area contributed by atoms with Crippen molar-refractivity contribution in [2.75, 3.05) is 19.0 Å². The fraction of sp³-hybridized carbons (Fsp3) is 0.200. The molecule has 0 aliphatic heterocycles. The van der Waals surface area contributed by atoms with Crippen molar-refractivity contribution in [3.63, 3.8) is 0 Å². The van der Waals surface area contributed by atoms with Crippen molar-refractivity contribution in [3.8, 4) is 5.75 Å². The zero-order valence-electron chi connectivity index (χ0n) is 15.7. The Kier molecular flexibility index (Phi) is 6.75. The van der Waals surface area contributed by atoms with Gasteiger partial charge in [0.15, 0.2) is 5.13 Å². The summed E-state index contributed by atoms with van der Waals surface area (Å²) in [6, 6.07) is 10.7. The van der Waals surface area contributed by atoms with Crippen LogP contribution in [0.3, 0.4) is 0 Å². The molecule has 3 N–H and O–H groups in total. The first kappa shape index (κ1) is 20.3. The van der Waals surface area contributed by atoms with Crippen molar-refractivity contribution in [3.05, 3.63) is 75.1 Å². The van der Waals surface area contributed by atoms with Gasteiger partial charge >= 0.3 is 0 Å². The predicted octanol–water partition coefficient (Wildman–Crippen LogP) is 1.99. The third-order valence-corrected chi connectivity index (χ3v) is 4.85. The molecule has 9 heteroatoms. The number of rotatable bonds is 8. The minimum Gasteiger partial charge on any atom is -0.497 e. The summed E-state index contributed by atoms with van der Waals surface area (Å²) in [6.07, 6.45) is 2.25. The van der Waals surface area contributed by atoms with Gasteiger partial charge in [0.05, 0.1) is 19.2 Å². The number of nitrogens with one attached hydrogen (secondary N) is 3. The highest BCUT2D eigenvalue weighted by Crippen LogP contribution is 2.16. The Balaban J connectivity index is 1.48. The summed E-state index contributed by atoms with van der Waals surface area (Å²) in [6.45, 7) is 0.497. The van der Waals surface area contributed by atoms with Crippen molar-refractivity contribution in [1.29, 1.82) is 0 Å². The summed E-state index contributed by atoms with van der Waals surface area (Å²) >= 11 is 1.20. The fourth-order valence-corrected chi connectivity index (χ4v) is 3.32. The smallest absolute Gasteiger partial charge is 0.263 e. The van der Waals surface area contributed by atoms with Gasteiger partial charge < -0.3 is 15.0 Å². The van der Waals surface area contributed by atoms with Gasteiger partial charge in [0.1, 0.15) is 11.3 Å². The Morgan fingerprint density at radius 2 is 2.10 bits per heavy atom. The van der Waals surface area contributed by atoms with E-state index in [1.54, 1.807) is 18.6 Å². The molecule has 0 atom stereocenters. The highest BCUT2D eigenvalue weighted by Gasteiger charge is 2.13. The molecule has 0 saturated carbocycles. The number of anilines is 1. The van der Waals surface area contributed by atoms with E-state index in [-0.39, 0.29) is 17.9 Å². The lowest BCUT2D eigenvalue weighted by Crippen LogP contribution is -2.27. The summed E-state index contributed by atoms with van der Waals surface area (Å²) in [7, 11) is 1.61. The minimum absolute atomic E-state index is 0.000430. The van der Waals surface area contributed by atoms with Crippen LogP contribution in [-0.2, 0) is 17.6 Å². The number of pyridine rings is 1. The Bertz CT molecular complexity index is 1060. The first-order chi connectivity index (χ1) is 14.0. The molecule has 1 aromatic carbocycles. The number of nitrogens with zero attached hydrogens (tertiary/aromatic N) is 1. The van der Waals surface area contributed by atoms with Crippen LogP contribution in [0.15, 0.2) is 52.8 Å². The van der Waals surface area contributed by atoms with Gasteiger partial charge in [-0.2, -0.15) is 0 Å². The highest BCUT2D eigenvalue weighted by molar-refractivity contribution is 7.14. The lowest BCUT2D eigenvalue weighted by atomic mass is 10.1. The Labute approximate surface area is 171 Å². The van der Waals surface area contributed by atoms with E-state index in [4.69, 9.17) is 4.74 Å². The van der Waals surface area contributed by atoms with Crippen LogP contribution >= 0.6 is 11.3 Å². The molecule has 3 aromatic rings. The molecule has 0 aliphatic carbocycles. The number of carbonyl (C=O) groups excluding carboxylic acids is 2. The summed E-state index contributed by atoms with van der Waals surface area (Å²) in [5, 5.41) is 7.46. The monoisotopic (exact) mass is 412 g/mol. The number of thiazole rings is 1. The number of benzene rings is 1. The number of ether oxygens (including phenoxy) is 1. The summed E-state index contributed by atoms with van der Waals surface area (Å²) in [5.74, 6) is 0.0782. The van der Waals surface area contributed by atoms with Crippen molar-refractivity contribution < 1.29 is 14.3 Å². The maximum atomic E-state index is 12.1. The molecule has 0 spiro atoms. The molecule has 0 radical (unpaired) electrons. The second-order valence-electron chi connectivity index (χ2n) is 6.14.